The molecule has 0 radical (unpaired) electrons. The maximum Gasteiger partial charge on any atom is 0.316 e. The summed E-state index contributed by atoms with van der Waals surface area (Å²) in [7, 11) is 0. The summed E-state index contributed by atoms with van der Waals surface area (Å²) in [5.74, 6) is -1.95. The summed E-state index contributed by atoms with van der Waals surface area (Å²) in [6.07, 6.45) is 2.54. The van der Waals surface area contributed by atoms with Crippen LogP contribution in [0.2, 0.25) is 0 Å². The van der Waals surface area contributed by atoms with Gasteiger partial charge in [0.05, 0.1) is 28.3 Å². The number of hydrazine groups is 1. The lowest BCUT2D eigenvalue weighted by molar-refractivity contribution is -0.177. The first-order valence-electron chi connectivity index (χ1n) is 15.2. The maximum atomic E-state index is 13.6. The molecule has 1 saturated heterocycles. The van der Waals surface area contributed by atoms with Crippen LogP contribution < -0.4 is 16.1 Å². The molecule has 2 aliphatic rings. The van der Waals surface area contributed by atoms with E-state index in [-0.39, 0.29) is 11.9 Å². The first-order chi connectivity index (χ1) is 20.5. The monoisotopic (exact) mass is 607 g/mol. The topological polar surface area (TPSA) is 139 Å². The highest BCUT2D eigenvalue weighted by atomic mass is 16.6. The predicted octanol–water partition coefficient (Wildman–Crippen LogP) is 3.58. The Balaban J connectivity index is 1.72. The number of carbonyl (C=O) groups excluding carboxylic acids is 4. The predicted molar refractivity (Wildman–Crippen MR) is 167 cm³/mol. The van der Waals surface area contributed by atoms with Crippen LogP contribution in [0.4, 0.5) is 0 Å². The third-order valence-electron chi connectivity index (χ3n) is 7.71. The van der Waals surface area contributed by atoms with E-state index in [1.807, 2.05) is 64.1 Å². The molecular formula is C33H45N5O6. The van der Waals surface area contributed by atoms with Gasteiger partial charge in [0.15, 0.2) is 0 Å². The molecule has 1 aromatic heterocycles. The molecule has 4 rings (SSSR count). The first kappa shape index (κ1) is 33.1. The summed E-state index contributed by atoms with van der Waals surface area (Å²) >= 11 is 0. The summed E-state index contributed by atoms with van der Waals surface area (Å²) in [4.78, 5) is 58.5. The van der Waals surface area contributed by atoms with Crippen molar-refractivity contribution in [1.29, 1.82) is 0 Å². The number of nitrogens with one attached hydrogen (secondary N) is 3. The Morgan fingerprint density at radius 3 is 2.41 bits per heavy atom. The van der Waals surface area contributed by atoms with Crippen LogP contribution in [-0.4, -0.2) is 70.1 Å². The average molecular weight is 608 g/mol. The van der Waals surface area contributed by atoms with E-state index in [4.69, 9.17) is 14.5 Å². The number of cyclic esters (lactones) is 1. The lowest BCUT2D eigenvalue weighted by Crippen LogP contribution is -2.61. The van der Waals surface area contributed by atoms with E-state index in [1.165, 1.54) is 5.01 Å². The zero-order chi connectivity index (χ0) is 32.4. The number of pyridine rings is 1. The van der Waals surface area contributed by atoms with Crippen molar-refractivity contribution in [3.05, 3.63) is 47.7 Å². The SMILES string of the molecule is C[C@@H]1NC(=O)[C@H]([C@@H](C)OC(C)(C)C)OC(=O)C(C)(C)/C=C/c2ccc3ccc(nc3c2)[C@@H](C)NC(=O)[C@@H]2CCCN(N2)C1=O. The highest BCUT2D eigenvalue weighted by molar-refractivity contribution is 5.92. The number of amides is 3. The second-order valence-electron chi connectivity index (χ2n) is 13.3. The molecule has 238 valence electrons. The van der Waals surface area contributed by atoms with Gasteiger partial charge in [-0.2, -0.15) is 0 Å². The molecule has 11 nitrogen and oxygen atoms in total. The number of fused-ring (bicyclic) bond motifs is 4. The van der Waals surface area contributed by atoms with Gasteiger partial charge in [-0.1, -0.05) is 30.4 Å². The second kappa shape index (κ2) is 13.0. The van der Waals surface area contributed by atoms with Gasteiger partial charge in [0.2, 0.25) is 12.0 Å². The summed E-state index contributed by atoms with van der Waals surface area (Å²) < 4.78 is 11.8. The van der Waals surface area contributed by atoms with E-state index in [1.54, 1.807) is 33.8 Å². The van der Waals surface area contributed by atoms with Crippen molar-refractivity contribution < 1.29 is 28.7 Å². The highest BCUT2D eigenvalue weighted by Crippen LogP contribution is 2.26. The summed E-state index contributed by atoms with van der Waals surface area (Å²) in [5.41, 5.74) is 3.56. The zero-order valence-corrected chi connectivity index (χ0v) is 26.9. The van der Waals surface area contributed by atoms with E-state index >= 15 is 0 Å². The number of rotatable bonds is 2. The Kier molecular flexibility index (Phi) is 9.80. The minimum atomic E-state index is -1.32. The van der Waals surface area contributed by atoms with Gasteiger partial charge in [-0.05, 0) is 85.9 Å². The lowest BCUT2D eigenvalue weighted by Gasteiger charge is -2.36. The summed E-state index contributed by atoms with van der Waals surface area (Å²) in [6, 6.07) is 7.63. The van der Waals surface area contributed by atoms with E-state index < -0.39 is 53.1 Å². The molecular weight excluding hydrogens is 562 g/mol. The smallest absolute Gasteiger partial charge is 0.316 e. The number of nitrogens with zero attached hydrogens (tertiary/aromatic N) is 2. The number of benzene rings is 1. The van der Waals surface area contributed by atoms with Crippen molar-refractivity contribution in [2.45, 2.75) is 104 Å². The van der Waals surface area contributed by atoms with Gasteiger partial charge in [0.1, 0.15) is 18.2 Å². The Labute approximate surface area is 259 Å². The zero-order valence-electron chi connectivity index (χ0n) is 26.9. The van der Waals surface area contributed by atoms with Crippen molar-refractivity contribution in [1.82, 2.24) is 26.1 Å². The van der Waals surface area contributed by atoms with Crippen molar-refractivity contribution in [3.8, 4) is 0 Å². The Hall–Kier alpha value is -3.83. The van der Waals surface area contributed by atoms with Crippen LogP contribution in [-0.2, 0) is 28.7 Å². The average Bonchev–Trinajstić information content (AvgIpc) is 2.96. The molecule has 5 bridgehead atoms. The van der Waals surface area contributed by atoms with E-state index in [0.717, 1.165) is 16.5 Å². The van der Waals surface area contributed by atoms with Crippen molar-refractivity contribution in [2.75, 3.05) is 6.54 Å². The van der Waals surface area contributed by atoms with E-state index in [0.29, 0.717) is 25.1 Å². The molecule has 3 amide bonds. The largest absolute Gasteiger partial charge is 0.449 e. The quantitative estimate of drug-likeness (QED) is 0.441. The minimum absolute atomic E-state index is 0.251. The van der Waals surface area contributed by atoms with Gasteiger partial charge in [-0.25, -0.2) is 5.43 Å². The summed E-state index contributed by atoms with van der Waals surface area (Å²) in [6.45, 7) is 14.4. The van der Waals surface area contributed by atoms with Crippen molar-refractivity contribution >= 4 is 40.7 Å². The fourth-order valence-electron chi connectivity index (χ4n) is 5.23. The van der Waals surface area contributed by atoms with Crippen LogP contribution in [0.25, 0.3) is 17.0 Å². The molecule has 2 aromatic rings. The molecule has 1 fully saturated rings. The van der Waals surface area contributed by atoms with Gasteiger partial charge in [-0.3, -0.25) is 29.2 Å². The van der Waals surface area contributed by atoms with Crippen molar-refractivity contribution in [2.24, 2.45) is 5.41 Å². The maximum absolute atomic E-state index is 13.6. The van der Waals surface area contributed by atoms with Gasteiger partial charge >= 0.3 is 5.97 Å². The van der Waals surface area contributed by atoms with E-state index in [9.17, 15) is 19.2 Å². The standard InChI is InChI=1S/C33H45N5O6/c1-19-24-14-13-23-12-11-22(18-26(23)36-24)15-16-33(7,8)31(42)43-27(21(3)44-32(4,5)6)29(40)35-20(2)30(41)38-17-9-10-25(37-38)28(39)34-19/h11-16,18-21,25,27,37H,9-10,17H2,1-8H3,(H,34,39)(H,35,40)/b16-15+/t19-,20+,21-,25+,27+/m1/s1. The van der Waals surface area contributed by atoms with Gasteiger partial charge < -0.3 is 20.1 Å². The molecule has 44 heavy (non-hydrogen) atoms. The number of carbonyl (C=O) groups is 4. The second-order valence-corrected chi connectivity index (χ2v) is 13.3. The van der Waals surface area contributed by atoms with Crippen LogP contribution in [0.5, 0.6) is 0 Å². The molecule has 0 spiro atoms. The van der Waals surface area contributed by atoms with Crippen LogP contribution >= 0.6 is 0 Å². The van der Waals surface area contributed by atoms with E-state index in [2.05, 4.69) is 16.1 Å². The van der Waals surface area contributed by atoms with Gasteiger partial charge in [0, 0.05) is 11.9 Å². The molecule has 3 heterocycles. The Morgan fingerprint density at radius 2 is 1.70 bits per heavy atom. The van der Waals surface area contributed by atoms with Crippen LogP contribution in [0, 0.1) is 5.41 Å². The lowest BCUT2D eigenvalue weighted by atomic mass is 9.92. The molecule has 11 heteroatoms. The number of ether oxygens (including phenoxy) is 2. The minimum Gasteiger partial charge on any atom is -0.449 e. The normalized spacial score (nSPS) is 26.9. The molecule has 3 N–H and O–H groups in total. The number of hydrogen-bond acceptors (Lipinski definition) is 8. The molecule has 0 aliphatic carbocycles. The summed E-state index contributed by atoms with van der Waals surface area (Å²) in [5, 5.41) is 8.01. The molecule has 5 atom stereocenters. The van der Waals surface area contributed by atoms with Gasteiger partial charge in [0.25, 0.3) is 11.8 Å². The fourth-order valence-corrected chi connectivity index (χ4v) is 5.23. The van der Waals surface area contributed by atoms with Crippen LogP contribution in [0.1, 0.15) is 85.5 Å². The molecule has 2 aliphatic heterocycles. The Bertz CT molecular complexity index is 1450. The number of aromatic nitrogens is 1. The van der Waals surface area contributed by atoms with Crippen LogP contribution in [0.15, 0.2) is 36.4 Å². The number of esters is 1. The molecule has 0 unspecified atom stereocenters. The van der Waals surface area contributed by atoms with Crippen molar-refractivity contribution in [3.63, 3.8) is 0 Å². The van der Waals surface area contributed by atoms with Crippen LogP contribution in [0.3, 0.4) is 0 Å². The third-order valence-corrected chi connectivity index (χ3v) is 7.71. The first-order valence-corrected chi connectivity index (χ1v) is 15.2. The van der Waals surface area contributed by atoms with Gasteiger partial charge in [-0.15, -0.1) is 0 Å². The molecule has 1 aromatic carbocycles. The fraction of sp³-hybridized carbons (Fsp3) is 0.545. The number of hydrogen-bond donors (Lipinski definition) is 3. The molecule has 0 saturated carbocycles. The Morgan fingerprint density at radius 1 is 1.02 bits per heavy atom. The highest BCUT2D eigenvalue weighted by Gasteiger charge is 2.39. The third kappa shape index (κ3) is 8.00.